The molecule has 12 nitrogen and oxygen atoms in total. The first-order valence-corrected chi connectivity index (χ1v) is 16.6. The Bertz CT molecular complexity index is 2220. The van der Waals surface area contributed by atoms with Crippen LogP contribution in [-0.2, 0) is 9.59 Å². The average Bonchev–Trinajstić information content (AvgIpc) is 3.64. The summed E-state index contributed by atoms with van der Waals surface area (Å²) in [5, 5.41) is 18.2. The van der Waals surface area contributed by atoms with Crippen molar-refractivity contribution in [1.29, 1.82) is 0 Å². The van der Waals surface area contributed by atoms with E-state index in [-0.39, 0.29) is 41.5 Å². The minimum Gasteiger partial charge on any atom is -0.478 e. The maximum absolute atomic E-state index is 12.8. The minimum absolute atomic E-state index is 0.0174. The molecule has 0 atom stereocenters. The zero-order valence-electron chi connectivity index (χ0n) is 28.7. The molecular formula is C41H34N4O8. The second-order valence-electron chi connectivity index (χ2n) is 12.6. The lowest BCUT2D eigenvalue weighted by Gasteiger charge is -2.18. The molecule has 0 spiro atoms. The molecule has 5 aromatic rings. The number of hydrogen-bond donors (Lipinski definition) is 2. The molecule has 6 amide bonds. The summed E-state index contributed by atoms with van der Waals surface area (Å²) in [6.07, 6.45) is 0. The van der Waals surface area contributed by atoms with E-state index in [4.69, 9.17) is 10.2 Å². The minimum atomic E-state index is -1.12. The monoisotopic (exact) mass is 710 g/mol. The Hall–Kier alpha value is -7.08. The summed E-state index contributed by atoms with van der Waals surface area (Å²) >= 11 is 0. The molecule has 0 radical (unpaired) electrons. The van der Waals surface area contributed by atoms with Crippen LogP contribution in [0.3, 0.4) is 0 Å². The number of aromatic carboxylic acids is 2. The highest BCUT2D eigenvalue weighted by Gasteiger charge is 2.39. The van der Waals surface area contributed by atoms with Crippen LogP contribution in [0.25, 0.3) is 11.1 Å². The summed E-state index contributed by atoms with van der Waals surface area (Å²) in [5.74, 6) is -2.64. The first kappa shape index (κ1) is 35.7. The molecule has 0 aliphatic carbocycles. The number of urea groups is 2. The summed E-state index contributed by atoms with van der Waals surface area (Å²) in [4.78, 5) is 77.4. The number of benzene rings is 5. The number of hydrogen-bond acceptors (Lipinski definition) is 6. The number of imide groups is 2. The van der Waals surface area contributed by atoms with Crippen LogP contribution in [0.2, 0.25) is 0 Å². The van der Waals surface area contributed by atoms with Gasteiger partial charge in [0.25, 0.3) is 11.8 Å². The number of carboxylic acid groups (broad SMARTS) is 2. The summed E-state index contributed by atoms with van der Waals surface area (Å²) < 4.78 is 0. The van der Waals surface area contributed by atoms with Crippen LogP contribution in [0.15, 0.2) is 127 Å². The molecule has 2 aliphatic rings. The Morgan fingerprint density at radius 1 is 0.509 bits per heavy atom. The van der Waals surface area contributed by atoms with Crippen molar-refractivity contribution < 1.29 is 39.0 Å². The lowest BCUT2D eigenvalue weighted by Crippen LogP contribution is -2.33. The van der Waals surface area contributed by atoms with Crippen molar-refractivity contribution in [1.82, 2.24) is 0 Å². The number of anilines is 4. The van der Waals surface area contributed by atoms with Crippen LogP contribution in [0.5, 0.6) is 0 Å². The van der Waals surface area contributed by atoms with Gasteiger partial charge in [0, 0.05) is 11.4 Å². The van der Waals surface area contributed by atoms with Gasteiger partial charge in [-0.05, 0) is 83.3 Å². The van der Waals surface area contributed by atoms with E-state index in [1.807, 2.05) is 66.7 Å². The molecular weight excluding hydrogens is 676 g/mol. The lowest BCUT2D eigenvalue weighted by molar-refractivity contribution is -0.116. The van der Waals surface area contributed by atoms with Gasteiger partial charge in [-0.1, -0.05) is 80.6 Å². The fourth-order valence-electron chi connectivity index (χ4n) is 5.97. The first-order valence-electron chi connectivity index (χ1n) is 16.6. The van der Waals surface area contributed by atoms with Gasteiger partial charge in [-0.3, -0.25) is 19.4 Å². The molecule has 2 aliphatic heterocycles. The van der Waals surface area contributed by atoms with Crippen molar-refractivity contribution in [3.8, 4) is 11.1 Å². The summed E-state index contributed by atoms with van der Waals surface area (Å²) in [5.41, 5.74) is 5.01. The van der Waals surface area contributed by atoms with E-state index in [1.54, 1.807) is 24.3 Å². The first-order chi connectivity index (χ1) is 25.4. The van der Waals surface area contributed by atoms with E-state index >= 15 is 0 Å². The summed E-state index contributed by atoms with van der Waals surface area (Å²) in [6.45, 7) is 3.99. The molecule has 5 aromatic carbocycles. The van der Waals surface area contributed by atoms with Crippen molar-refractivity contribution in [2.24, 2.45) is 0 Å². The summed E-state index contributed by atoms with van der Waals surface area (Å²) in [6, 6.07) is 35.4. The van der Waals surface area contributed by atoms with Crippen LogP contribution >= 0.6 is 0 Å². The second kappa shape index (κ2) is 15.0. The smallest absolute Gasteiger partial charge is 0.336 e. The highest BCUT2D eigenvalue weighted by atomic mass is 16.4. The fraction of sp³-hybridized carbons (Fsp3) is 0.122. The predicted molar refractivity (Wildman–Crippen MR) is 200 cm³/mol. The van der Waals surface area contributed by atoms with Gasteiger partial charge in [-0.2, -0.15) is 0 Å². The Kier molecular flexibility index (Phi) is 10.1. The van der Waals surface area contributed by atoms with Gasteiger partial charge < -0.3 is 10.2 Å². The average molecular weight is 711 g/mol. The van der Waals surface area contributed by atoms with Crippen molar-refractivity contribution in [3.05, 3.63) is 144 Å². The van der Waals surface area contributed by atoms with Crippen LogP contribution in [-0.4, -0.2) is 59.1 Å². The van der Waals surface area contributed by atoms with Gasteiger partial charge in [0.15, 0.2) is 0 Å². The van der Waals surface area contributed by atoms with E-state index in [2.05, 4.69) is 13.8 Å². The molecule has 0 unspecified atom stereocenters. The van der Waals surface area contributed by atoms with Gasteiger partial charge in [0.2, 0.25) is 0 Å². The highest BCUT2D eigenvalue weighted by Crippen LogP contribution is 2.30. The highest BCUT2D eigenvalue weighted by molar-refractivity contribution is 6.28. The maximum atomic E-state index is 12.8. The van der Waals surface area contributed by atoms with E-state index in [0.29, 0.717) is 17.3 Å². The van der Waals surface area contributed by atoms with Crippen LogP contribution < -0.4 is 19.6 Å². The molecule has 2 heterocycles. The largest absolute Gasteiger partial charge is 0.478 e. The molecule has 53 heavy (non-hydrogen) atoms. The van der Waals surface area contributed by atoms with Crippen molar-refractivity contribution in [2.75, 3.05) is 32.7 Å². The summed E-state index contributed by atoms with van der Waals surface area (Å²) in [7, 11) is 0. The molecule has 0 saturated carbocycles. The SMILES string of the molecule is CC(C)c1ccc(N2CC(=O)N(c3cccc(C(=O)O)c3)C2=O)cc1.O=C(O)c1cccc(N2C(=O)CN(c3ccc(-c4ccccc4)cc3)C2=O)c1. The second-order valence-corrected chi connectivity index (χ2v) is 12.6. The van der Waals surface area contributed by atoms with Crippen molar-refractivity contribution in [3.63, 3.8) is 0 Å². The lowest BCUT2D eigenvalue weighted by atomic mass is 10.0. The Labute approximate surface area is 304 Å². The Balaban J connectivity index is 0.000000183. The molecule has 0 aromatic heterocycles. The van der Waals surface area contributed by atoms with Gasteiger partial charge in [0.05, 0.1) is 22.5 Å². The zero-order chi connectivity index (χ0) is 37.8. The standard InChI is InChI=1S/C22H16N2O4.C19H18N2O4/c25-20-14-23(18-11-9-16(10-12-18)15-5-2-1-3-6-15)22(28)24(20)19-8-4-7-17(13-19)21(26)27;1-12(2)13-6-8-15(9-7-13)20-11-17(22)21(19(20)25)16-5-3-4-14(10-16)18(23)24/h1-13H,14H2,(H,26,27);3-10,12H,11H2,1-2H3,(H,23,24). The van der Waals surface area contributed by atoms with Gasteiger partial charge in [-0.15, -0.1) is 0 Å². The van der Waals surface area contributed by atoms with E-state index < -0.39 is 29.9 Å². The molecule has 12 heteroatoms. The van der Waals surface area contributed by atoms with E-state index in [1.165, 1.54) is 46.2 Å². The zero-order valence-corrected chi connectivity index (χ0v) is 28.7. The van der Waals surface area contributed by atoms with Crippen molar-refractivity contribution >= 4 is 58.6 Å². The Morgan fingerprint density at radius 2 is 0.925 bits per heavy atom. The maximum Gasteiger partial charge on any atom is 0.336 e. The molecule has 2 fully saturated rings. The van der Waals surface area contributed by atoms with E-state index in [9.17, 15) is 28.8 Å². The third-order valence-corrected chi connectivity index (χ3v) is 8.79. The van der Waals surface area contributed by atoms with Crippen LogP contribution in [0.4, 0.5) is 32.3 Å². The van der Waals surface area contributed by atoms with E-state index in [0.717, 1.165) is 26.5 Å². The number of carbonyl (C=O) groups excluding carboxylic acids is 4. The topological polar surface area (TPSA) is 156 Å². The number of rotatable bonds is 8. The van der Waals surface area contributed by atoms with Gasteiger partial charge in [-0.25, -0.2) is 29.0 Å². The quantitative estimate of drug-likeness (QED) is 0.157. The van der Waals surface area contributed by atoms with Gasteiger partial charge >= 0.3 is 24.0 Å². The number of carbonyl (C=O) groups is 6. The Morgan fingerprint density at radius 3 is 1.34 bits per heavy atom. The molecule has 266 valence electrons. The fourth-order valence-corrected chi connectivity index (χ4v) is 5.97. The third-order valence-electron chi connectivity index (χ3n) is 8.79. The molecule has 7 rings (SSSR count). The van der Waals surface area contributed by atoms with Crippen LogP contribution in [0, 0.1) is 0 Å². The molecule has 2 saturated heterocycles. The number of nitrogens with zero attached hydrogens (tertiary/aromatic N) is 4. The van der Waals surface area contributed by atoms with Crippen LogP contribution in [0.1, 0.15) is 46.0 Å². The van der Waals surface area contributed by atoms with Gasteiger partial charge in [0.1, 0.15) is 13.1 Å². The van der Waals surface area contributed by atoms with Crippen molar-refractivity contribution in [2.45, 2.75) is 19.8 Å². The molecule has 0 bridgehead atoms. The molecule has 2 N–H and O–H groups in total. The number of carboxylic acids is 2. The normalized spacial score (nSPS) is 14.2. The number of amides is 6. The predicted octanol–water partition coefficient (Wildman–Crippen LogP) is 7.51. The third kappa shape index (κ3) is 7.52.